The Balaban J connectivity index is 1.65. The molecule has 8 heteroatoms. The molecule has 0 saturated carbocycles. The van der Waals surface area contributed by atoms with Gasteiger partial charge in [0.1, 0.15) is 4.32 Å². The average molecular weight is 457 g/mol. The quantitative estimate of drug-likeness (QED) is 0.487. The second-order valence-electron chi connectivity index (χ2n) is 6.99. The van der Waals surface area contributed by atoms with Crippen molar-refractivity contribution in [3.8, 4) is 11.5 Å². The monoisotopic (exact) mass is 456 g/mol. The van der Waals surface area contributed by atoms with Crippen molar-refractivity contribution in [2.75, 3.05) is 26.1 Å². The molecule has 1 saturated heterocycles. The van der Waals surface area contributed by atoms with Crippen molar-refractivity contribution in [1.29, 1.82) is 0 Å². The van der Waals surface area contributed by atoms with Gasteiger partial charge in [-0.05, 0) is 54.8 Å². The molecule has 31 heavy (non-hydrogen) atoms. The fourth-order valence-corrected chi connectivity index (χ4v) is 4.41. The summed E-state index contributed by atoms with van der Waals surface area (Å²) in [6.45, 7) is 4.19. The molecular weight excluding hydrogens is 432 g/mol. The fourth-order valence-electron chi connectivity index (χ4n) is 3.10. The van der Waals surface area contributed by atoms with Crippen LogP contribution < -0.4 is 14.8 Å². The second kappa shape index (κ2) is 9.98. The number of aryl methyl sites for hydroxylation is 1. The van der Waals surface area contributed by atoms with E-state index in [4.69, 9.17) is 21.7 Å². The fraction of sp³-hybridized carbons (Fsp3) is 0.261. The minimum Gasteiger partial charge on any atom is -0.493 e. The topological polar surface area (TPSA) is 67.9 Å². The van der Waals surface area contributed by atoms with Crippen LogP contribution in [0.4, 0.5) is 5.69 Å². The van der Waals surface area contributed by atoms with Crippen molar-refractivity contribution in [1.82, 2.24) is 4.90 Å². The molecule has 0 spiro atoms. The minimum atomic E-state index is -0.204. The Kier molecular flexibility index (Phi) is 7.35. The summed E-state index contributed by atoms with van der Waals surface area (Å²) in [5, 5.41) is 2.91. The van der Waals surface area contributed by atoms with Gasteiger partial charge in [-0.15, -0.1) is 0 Å². The third kappa shape index (κ3) is 5.26. The number of carbonyl (C=O) groups is 2. The Morgan fingerprint density at radius 2 is 1.90 bits per heavy atom. The van der Waals surface area contributed by atoms with E-state index in [2.05, 4.69) is 5.32 Å². The number of benzene rings is 2. The van der Waals surface area contributed by atoms with Crippen LogP contribution in [0.25, 0.3) is 6.08 Å². The Bertz CT molecular complexity index is 1070. The number of carbonyl (C=O) groups excluding carboxylic acids is 2. The maximum absolute atomic E-state index is 12.8. The molecule has 1 aliphatic heterocycles. The minimum absolute atomic E-state index is 0.156. The number of nitrogens with zero attached hydrogens (tertiary/aromatic N) is 1. The number of ether oxygens (including phenoxy) is 2. The molecular formula is C23H24N2O4S2. The van der Waals surface area contributed by atoms with Crippen molar-refractivity contribution in [2.45, 2.75) is 20.3 Å². The highest BCUT2D eigenvalue weighted by atomic mass is 32.2. The second-order valence-corrected chi connectivity index (χ2v) is 8.67. The SMILES string of the molecule is COc1ccc(C=C2SC(=S)N(CCC(=O)Nc3cccc(C)c3C)C2=O)cc1OC. The molecule has 2 amide bonds. The summed E-state index contributed by atoms with van der Waals surface area (Å²) in [4.78, 5) is 27.2. The maximum atomic E-state index is 12.8. The van der Waals surface area contributed by atoms with Crippen molar-refractivity contribution >= 4 is 51.9 Å². The van der Waals surface area contributed by atoms with Gasteiger partial charge in [-0.25, -0.2) is 0 Å². The van der Waals surface area contributed by atoms with Crippen molar-refractivity contribution in [3.05, 3.63) is 58.0 Å². The van der Waals surface area contributed by atoms with Crippen LogP contribution in [-0.2, 0) is 9.59 Å². The van der Waals surface area contributed by atoms with Gasteiger partial charge in [0, 0.05) is 18.7 Å². The molecule has 0 radical (unpaired) electrons. The lowest BCUT2D eigenvalue weighted by Gasteiger charge is -2.15. The van der Waals surface area contributed by atoms with Crippen LogP contribution >= 0.6 is 24.0 Å². The first kappa shape index (κ1) is 22.8. The summed E-state index contributed by atoms with van der Waals surface area (Å²) < 4.78 is 11.0. The third-order valence-electron chi connectivity index (χ3n) is 5.02. The largest absolute Gasteiger partial charge is 0.493 e. The number of rotatable bonds is 7. The normalized spacial score (nSPS) is 14.8. The van der Waals surface area contributed by atoms with Crippen LogP contribution in [0, 0.1) is 13.8 Å². The molecule has 1 aliphatic rings. The molecule has 0 atom stereocenters. The number of methoxy groups -OCH3 is 2. The van der Waals surface area contributed by atoms with Crippen LogP contribution in [0.1, 0.15) is 23.1 Å². The van der Waals surface area contributed by atoms with Gasteiger partial charge in [0.05, 0.1) is 19.1 Å². The molecule has 1 N–H and O–H groups in total. The average Bonchev–Trinajstić information content (AvgIpc) is 3.02. The summed E-state index contributed by atoms with van der Waals surface area (Å²) in [5.41, 5.74) is 3.71. The van der Waals surface area contributed by atoms with Crippen LogP contribution in [0.3, 0.4) is 0 Å². The first-order valence-corrected chi connectivity index (χ1v) is 10.9. The van der Waals surface area contributed by atoms with Crippen LogP contribution in [0.2, 0.25) is 0 Å². The van der Waals surface area contributed by atoms with Gasteiger partial charge >= 0.3 is 0 Å². The summed E-state index contributed by atoms with van der Waals surface area (Å²) >= 11 is 6.59. The molecule has 0 bridgehead atoms. The van der Waals surface area contributed by atoms with E-state index in [-0.39, 0.29) is 24.8 Å². The number of hydrogen-bond acceptors (Lipinski definition) is 6. The van der Waals surface area contributed by atoms with E-state index in [1.54, 1.807) is 32.4 Å². The molecule has 3 rings (SSSR count). The predicted octanol–water partition coefficient (Wildman–Crippen LogP) is 4.55. The lowest BCUT2D eigenvalue weighted by atomic mass is 10.1. The van der Waals surface area contributed by atoms with E-state index in [9.17, 15) is 9.59 Å². The van der Waals surface area contributed by atoms with E-state index >= 15 is 0 Å². The molecule has 2 aromatic carbocycles. The molecule has 6 nitrogen and oxygen atoms in total. The van der Waals surface area contributed by atoms with E-state index in [1.807, 2.05) is 38.1 Å². The van der Waals surface area contributed by atoms with Gasteiger partial charge in [0.25, 0.3) is 5.91 Å². The van der Waals surface area contributed by atoms with Crippen LogP contribution in [0.5, 0.6) is 11.5 Å². The van der Waals surface area contributed by atoms with E-state index in [0.717, 1.165) is 22.4 Å². The molecule has 1 fully saturated rings. The smallest absolute Gasteiger partial charge is 0.266 e. The van der Waals surface area contributed by atoms with E-state index in [0.29, 0.717) is 20.7 Å². The Hall–Kier alpha value is -2.84. The zero-order valence-corrected chi connectivity index (χ0v) is 19.5. The molecule has 0 unspecified atom stereocenters. The zero-order chi connectivity index (χ0) is 22.5. The third-order valence-corrected chi connectivity index (χ3v) is 6.40. The van der Waals surface area contributed by atoms with Crippen molar-refractivity contribution < 1.29 is 19.1 Å². The van der Waals surface area contributed by atoms with Gasteiger partial charge in [-0.1, -0.05) is 42.2 Å². The first-order chi connectivity index (χ1) is 14.8. The van der Waals surface area contributed by atoms with Gasteiger partial charge in [0.2, 0.25) is 5.91 Å². The molecule has 1 heterocycles. The number of anilines is 1. The number of amides is 2. The summed E-state index contributed by atoms with van der Waals surface area (Å²) in [5.74, 6) is 0.827. The summed E-state index contributed by atoms with van der Waals surface area (Å²) in [6, 6.07) is 11.2. The molecule has 2 aromatic rings. The number of hydrogen-bond donors (Lipinski definition) is 1. The number of nitrogens with one attached hydrogen (secondary N) is 1. The van der Waals surface area contributed by atoms with E-state index in [1.165, 1.54) is 16.7 Å². The lowest BCUT2D eigenvalue weighted by molar-refractivity contribution is -0.122. The Labute approximate surface area is 191 Å². The molecule has 0 aromatic heterocycles. The van der Waals surface area contributed by atoms with Gasteiger partial charge in [-0.2, -0.15) is 0 Å². The molecule has 0 aliphatic carbocycles. The number of thiocarbonyl (C=S) groups is 1. The van der Waals surface area contributed by atoms with Crippen LogP contribution in [-0.4, -0.2) is 41.8 Å². The summed E-state index contributed by atoms with van der Waals surface area (Å²) in [7, 11) is 3.13. The van der Waals surface area contributed by atoms with Crippen molar-refractivity contribution in [3.63, 3.8) is 0 Å². The van der Waals surface area contributed by atoms with Crippen LogP contribution in [0.15, 0.2) is 41.3 Å². The zero-order valence-electron chi connectivity index (χ0n) is 17.9. The predicted molar refractivity (Wildman–Crippen MR) is 129 cm³/mol. The Morgan fingerprint density at radius 1 is 1.16 bits per heavy atom. The van der Waals surface area contributed by atoms with Gasteiger partial charge in [0.15, 0.2) is 11.5 Å². The highest BCUT2D eigenvalue weighted by Crippen LogP contribution is 2.34. The standard InChI is InChI=1S/C23H24N2O4S2/c1-14-6-5-7-17(15(14)2)24-21(26)10-11-25-22(27)20(31-23(25)30)13-16-8-9-18(28-3)19(12-16)29-4/h5-9,12-13H,10-11H2,1-4H3,(H,24,26). The van der Waals surface area contributed by atoms with E-state index < -0.39 is 0 Å². The molecule has 162 valence electrons. The number of thioether (sulfide) groups is 1. The first-order valence-electron chi connectivity index (χ1n) is 9.67. The highest BCUT2D eigenvalue weighted by Gasteiger charge is 2.32. The van der Waals surface area contributed by atoms with Gasteiger partial charge in [-0.3, -0.25) is 14.5 Å². The maximum Gasteiger partial charge on any atom is 0.266 e. The summed E-state index contributed by atoms with van der Waals surface area (Å²) in [6.07, 6.45) is 1.92. The Morgan fingerprint density at radius 3 is 2.61 bits per heavy atom. The van der Waals surface area contributed by atoms with Gasteiger partial charge < -0.3 is 14.8 Å². The van der Waals surface area contributed by atoms with Crippen molar-refractivity contribution in [2.24, 2.45) is 0 Å². The lowest BCUT2D eigenvalue weighted by Crippen LogP contribution is -2.31. The highest BCUT2D eigenvalue weighted by molar-refractivity contribution is 8.26.